The molecule has 0 aromatic heterocycles. The number of nitrogens with zero attached hydrogens (tertiary/aromatic N) is 2. The predicted molar refractivity (Wildman–Crippen MR) is 83.4 cm³/mol. The standard InChI is InChI=1S/C17H34N2/c1-14(2)16-7-9-18(10-8-16)12-15-6-11-19(13-15)17(3,4)5/h14-16H,6-13H2,1-5H3. The summed E-state index contributed by atoms with van der Waals surface area (Å²) in [6.45, 7) is 18.5. The van der Waals surface area contributed by atoms with E-state index < -0.39 is 0 Å². The molecule has 2 fully saturated rings. The number of hydrogen-bond donors (Lipinski definition) is 0. The minimum Gasteiger partial charge on any atom is -0.303 e. The molecular formula is C17H34N2. The Morgan fingerprint density at radius 2 is 1.63 bits per heavy atom. The molecule has 2 heterocycles. The first kappa shape index (κ1) is 15.3. The quantitative estimate of drug-likeness (QED) is 0.772. The van der Waals surface area contributed by atoms with Gasteiger partial charge >= 0.3 is 0 Å². The van der Waals surface area contributed by atoms with Gasteiger partial charge in [-0.3, -0.25) is 4.90 Å². The first-order chi connectivity index (χ1) is 8.86. The second-order valence-corrected chi connectivity index (χ2v) is 8.15. The fourth-order valence-electron chi connectivity index (χ4n) is 3.76. The molecule has 2 saturated heterocycles. The van der Waals surface area contributed by atoms with Crippen molar-refractivity contribution >= 4 is 0 Å². The van der Waals surface area contributed by atoms with E-state index in [1.807, 2.05) is 0 Å². The van der Waals surface area contributed by atoms with Gasteiger partial charge in [-0.1, -0.05) is 13.8 Å². The van der Waals surface area contributed by atoms with Crippen molar-refractivity contribution in [2.75, 3.05) is 32.7 Å². The number of hydrogen-bond acceptors (Lipinski definition) is 2. The molecule has 0 aromatic rings. The van der Waals surface area contributed by atoms with Gasteiger partial charge in [-0.2, -0.15) is 0 Å². The van der Waals surface area contributed by atoms with Crippen LogP contribution in [0.4, 0.5) is 0 Å². The zero-order valence-corrected chi connectivity index (χ0v) is 13.8. The highest BCUT2D eigenvalue weighted by Crippen LogP contribution is 2.28. The van der Waals surface area contributed by atoms with Crippen molar-refractivity contribution < 1.29 is 0 Å². The maximum Gasteiger partial charge on any atom is 0.0125 e. The van der Waals surface area contributed by atoms with E-state index in [1.54, 1.807) is 0 Å². The molecule has 2 heteroatoms. The van der Waals surface area contributed by atoms with Crippen LogP contribution in [0.5, 0.6) is 0 Å². The highest BCUT2D eigenvalue weighted by Gasteiger charge is 2.31. The van der Waals surface area contributed by atoms with Crippen LogP contribution >= 0.6 is 0 Å². The molecule has 0 spiro atoms. The van der Waals surface area contributed by atoms with E-state index in [0.29, 0.717) is 5.54 Å². The summed E-state index contributed by atoms with van der Waals surface area (Å²) in [7, 11) is 0. The zero-order chi connectivity index (χ0) is 14.0. The summed E-state index contributed by atoms with van der Waals surface area (Å²) >= 11 is 0. The third kappa shape index (κ3) is 4.19. The molecule has 0 bridgehead atoms. The molecule has 0 saturated carbocycles. The molecule has 0 aliphatic carbocycles. The van der Waals surface area contributed by atoms with Gasteiger partial charge in [-0.25, -0.2) is 0 Å². The van der Waals surface area contributed by atoms with Gasteiger partial charge in [0.1, 0.15) is 0 Å². The average Bonchev–Trinajstić information content (AvgIpc) is 2.78. The Hall–Kier alpha value is -0.0800. The van der Waals surface area contributed by atoms with Crippen LogP contribution in [0.15, 0.2) is 0 Å². The Balaban J connectivity index is 1.72. The summed E-state index contributed by atoms with van der Waals surface area (Å²) in [5.74, 6) is 2.77. The molecule has 1 atom stereocenters. The lowest BCUT2D eigenvalue weighted by atomic mass is 9.86. The summed E-state index contributed by atoms with van der Waals surface area (Å²) in [6, 6.07) is 0. The lowest BCUT2D eigenvalue weighted by Crippen LogP contribution is -2.41. The normalized spacial score (nSPS) is 28.4. The largest absolute Gasteiger partial charge is 0.303 e. The monoisotopic (exact) mass is 266 g/mol. The van der Waals surface area contributed by atoms with E-state index >= 15 is 0 Å². The molecule has 0 aromatic carbocycles. The van der Waals surface area contributed by atoms with Crippen molar-refractivity contribution in [2.24, 2.45) is 17.8 Å². The van der Waals surface area contributed by atoms with Crippen molar-refractivity contribution in [1.82, 2.24) is 9.80 Å². The molecule has 0 amide bonds. The second-order valence-electron chi connectivity index (χ2n) is 8.15. The third-order valence-corrected chi connectivity index (χ3v) is 5.33. The van der Waals surface area contributed by atoms with Gasteiger partial charge in [-0.15, -0.1) is 0 Å². The summed E-state index contributed by atoms with van der Waals surface area (Å²) in [5, 5.41) is 0. The van der Waals surface area contributed by atoms with Crippen LogP contribution in [-0.2, 0) is 0 Å². The van der Waals surface area contributed by atoms with Gasteiger partial charge < -0.3 is 4.90 Å². The summed E-state index contributed by atoms with van der Waals surface area (Å²) < 4.78 is 0. The minimum atomic E-state index is 0.361. The Bertz CT molecular complexity index is 271. The Labute approximate surface area is 120 Å². The minimum absolute atomic E-state index is 0.361. The van der Waals surface area contributed by atoms with Crippen LogP contribution in [0.25, 0.3) is 0 Å². The van der Waals surface area contributed by atoms with Crippen LogP contribution in [0.3, 0.4) is 0 Å². The van der Waals surface area contributed by atoms with E-state index in [9.17, 15) is 0 Å². The van der Waals surface area contributed by atoms with Crippen LogP contribution in [0.2, 0.25) is 0 Å². The smallest absolute Gasteiger partial charge is 0.0125 e. The maximum absolute atomic E-state index is 2.73. The number of likely N-dealkylation sites (tertiary alicyclic amines) is 2. The van der Waals surface area contributed by atoms with Gasteiger partial charge in [0.05, 0.1) is 0 Å². The molecule has 2 aliphatic rings. The first-order valence-electron chi connectivity index (χ1n) is 8.33. The van der Waals surface area contributed by atoms with Crippen molar-refractivity contribution in [2.45, 2.75) is 59.4 Å². The van der Waals surface area contributed by atoms with Crippen molar-refractivity contribution in [3.05, 3.63) is 0 Å². The number of piperidine rings is 1. The fraction of sp³-hybridized carbons (Fsp3) is 1.00. The second kappa shape index (κ2) is 6.13. The molecule has 19 heavy (non-hydrogen) atoms. The molecule has 0 N–H and O–H groups in total. The predicted octanol–water partition coefficient (Wildman–Crippen LogP) is 3.47. The van der Waals surface area contributed by atoms with Gasteiger partial charge in [0.2, 0.25) is 0 Å². The van der Waals surface area contributed by atoms with Crippen molar-refractivity contribution in [3.63, 3.8) is 0 Å². The topological polar surface area (TPSA) is 6.48 Å². The lowest BCUT2D eigenvalue weighted by Gasteiger charge is -2.36. The van der Waals surface area contributed by atoms with E-state index in [0.717, 1.165) is 17.8 Å². The van der Waals surface area contributed by atoms with E-state index in [-0.39, 0.29) is 0 Å². The van der Waals surface area contributed by atoms with E-state index in [2.05, 4.69) is 44.4 Å². The van der Waals surface area contributed by atoms with Crippen LogP contribution in [0, 0.1) is 17.8 Å². The molecule has 2 aliphatic heterocycles. The Morgan fingerprint density at radius 1 is 1.00 bits per heavy atom. The average molecular weight is 266 g/mol. The fourth-order valence-corrected chi connectivity index (χ4v) is 3.76. The van der Waals surface area contributed by atoms with Gasteiger partial charge in [0.25, 0.3) is 0 Å². The molecule has 1 unspecified atom stereocenters. The molecule has 2 nitrogen and oxygen atoms in total. The first-order valence-corrected chi connectivity index (χ1v) is 8.33. The Kier molecular flexibility index (Phi) is 4.94. The lowest BCUT2D eigenvalue weighted by molar-refractivity contribution is 0.129. The maximum atomic E-state index is 2.73. The molecule has 2 rings (SSSR count). The van der Waals surface area contributed by atoms with Gasteiger partial charge in [0.15, 0.2) is 0 Å². The Morgan fingerprint density at radius 3 is 2.11 bits per heavy atom. The SMILES string of the molecule is CC(C)C1CCN(CC2CCN(C(C)(C)C)C2)CC1. The van der Waals surface area contributed by atoms with Crippen LogP contribution < -0.4 is 0 Å². The summed E-state index contributed by atoms with van der Waals surface area (Å²) in [5.41, 5.74) is 0.361. The van der Waals surface area contributed by atoms with Crippen LogP contribution in [-0.4, -0.2) is 48.1 Å². The highest BCUT2D eigenvalue weighted by molar-refractivity contribution is 4.86. The zero-order valence-electron chi connectivity index (χ0n) is 13.8. The molecular weight excluding hydrogens is 232 g/mol. The van der Waals surface area contributed by atoms with Gasteiger partial charge in [0, 0.05) is 18.6 Å². The number of rotatable bonds is 3. The van der Waals surface area contributed by atoms with Crippen LogP contribution in [0.1, 0.15) is 53.9 Å². The summed E-state index contributed by atoms with van der Waals surface area (Å²) in [6.07, 6.45) is 4.25. The third-order valence-electron chi connectivity index (χ3n) is 5.33. The van der Waals surface area contributed by atoms with E-state index in [1.165, 1.54) is 52.0 Å². The van der Waals surface area contributed by atoms with Gasteiger partial charge in [-0.05, 0) is 77.4 Å². The highest BCUT2D eigenvalue weighted by atomic mass is 15.2. The van der Waals surface area contributed by atoms with Crippen molar-refractivity contribution in [3.8, 4) is 0 Å². The summed E-state index contributed by atoms with van der Waals surface area (Å²) in [4.78, 5) is 5.40. The van der Waals surface area contributed by atoms with E-state index in [4.69, 9.17) is 0 Å². The molecule has 0 radical (unpaired) electrons. The molecule has 112 valence electrons. The van der Waals surface area contributed by atoms with Crippen molar-refractivity contribution in [1.29, 1.82) is 0 Å².